The normalized spacial score (nSPS) is 18.1. The van der Waals surface area contributed by atoms with E-state index in [1.807, 2.05) is 24.0 Å². The fourth-order valence-electron chi connectivity index (χ4n) is 2.67. The van der Waals surface area contributed by atoms with E-state index >= 15 is 0 Å². The summed E-state index contributed by atoms with van der Waals surface area (Å²) in [5, 5.41) is 15.1. The zero-order valence-corrected chi connectivity index (χ0v) is 12.5. The molecule has 2 aromatic rings. The molecule has 1 saturated heterocycles. The van der Waals surface area contributed by atoms with Crippen LogP contribution in [0.25, 0.3) is 10.9 Å². The molecule has 3 rings (SSSR count). The Bertz CT molecular complexity index is 608. The number of aromatic nitrogens is 1. The van der Waals surface area contributed by atoms with E-state index in [1.165, 1.54) is 5.56 Å². The van der Waals surface area contributed by atoms with Crippen molar-refractivity contribution in [1.82, 2.24) is 4.98 Å². The van der Waals surface area contributed by atoms with Gasteiger partial charge in [0.2, 0.25) is 0 Å². The van der Waals surface area contributed by atoms with Gasteiger partial charge in [0.15, 0.2) is 0 Å². The van der Waals surface area contributed by atoms with Crippen LogP contribution in [0.1, 0.15) is 18.4 Å². The molecule has 0 spiro atoms. The lowest BCUT2D eigenvalue weighted by atomic mass is 9.96. The van der Waals surface area contributed by atoms with Crippen molar-refractivity contribution in [3.05, 3.63) is 36.0 Å². The highest BCUT2D eigenvalue weighted by atomic mass is 32.2. The summed E-state index contributed by atoms with van der Waals surface area (Å²) in [6.45, 7) is 2.69. The monoisotopic (exact) mass is 288 g/mol. The Balaban J connectivity index is 1.82. The Labute approximate surface area is 123 Å². The van der Waals surface area contributed by atoms with Gasteiger partial charge in [-0.1, -0.05) is 18.2 Å². The largest absolute Gasteiger partial charge is 0.388 e. The van der Waals surface area contributed by atoms with Crippen LogP contribution in [0, 0.1) is 6.92 Å². The quantitative estimate of drug-likeness (QED) is 0.910. The van der Waals surface area contributed by atoms with Gasteiger partial charge in [-0.15, -0.1) is 0 Å². The molecule has 106 valence electrons. The first-order valence-electron chi connectivity index (χ1n) is 7.06. The van der Waals surface area contributed by atoms with E-state index in [2.05, 4.69) is 35.4 Å². The van der Waals surface area contributed by atoms with Crippen molar-refractivity contribution < 1.29 is 5.11 Å². The van der Waals surface area contributed by atoms with Crippen LogP contribution < -0.4 is 5.32 Å². The van der Waals surface area contributed by atoms with Gasteiger partial charge in [0.25, 0.3) is 0 Å². The predicted molar refractivity (Wildman–Crippen MR) is 86.5 cm³/mol. The number of fused-ring (bicyclic) bond motifs is 1. The maximum absolute atomic E-state index is 10.6. The molecular formula is C16H20N2OS. The number of rotatable bonds is 3. The Morgan fingerprint density at radius 1 is 1.30 bits per heavy atom. The second kappa shape index (κ2) is 5.62. The molecule has 0 atom stereocenters. The third-order valence-electron chi connectivity index (χ3n) is 4.00. The van der Waals surface area contributed by atoms with Crippen molar-refractivity contribution in [3.63, 3.8) is 0 Å². The third-order valence-corrected chi connectivity index (χ3v) is 4.99. The topological polar surface area (TPSA) is 45.1 Å². The summed E-state index contributed by atoms with van der Waals surface area (Å²) in [6, 6.07) is 8.20. The maximum atomic E-state index is 10.6. The van der Waals surface area contributed by atoms with Crippen molar-refractivity contribution in [2.24, 2.45) is 0 Å². The first kappa shape index (κ1) is 13.7. The molecule has 1 aromatic carbocycles. The number of hydrogen-bond donors (Lipinski definition) is 2. The lowest BCUT2D eigenvalue weighted by Gasteiger charge is -2.32. The fraction of sp³-hybridized carbons (Fsp3) is 0.438. The number of nitrogens with one attached hydrogen (secondary N) is 1. The lowest BCUT2D eigenvalue weighted by Crippen LogP contribution is -2.40. The van der Waals surface area contributed by atoms with Crippen LogP contribution in [0.5, 0.6) is 0 Å². The molecule has 2 N–H and O–H groups in total. The molecule has 0 aliphatic carbocycles. The van der Waals surface area contributed by atoms with Crippen LogP contribution in [0.4, 0.5) is 5.69 Å². The molecular weight excluding hydrogens is 268 g/mol. The molecule has 1 fully saturated rings. The Morgan fingerprint density at radius 3 is 2.90 bits per heavy atom. The minimum absolute atomic E-state index is 0.565. The molecule has 20 heavy (non-hydrogen) atoms. The lowest BCUT2D eigenvalue weighted by molar-refractivity contribution is 0.0454. The summed E-state index contributed by atoms with van der Waals surface area (Å²) in [5.74, 6) is 2.10. The van der Waals surface area contributed by atoms with Crippen LogP contribution in [-0.2, 0) is 0 Å². The van der Waals surface area contributed by atoms with E-state index in [0.717, 1.165) is 40.9 Å². The van der Waals surface area contributed by atoms with Crippen molar-refractivity contribution in [1.29, 1.82) is 0 Å². The molecule has 1 aliphatic heterocycles. The van der Waals surface area contributed by atoms with Gasteiger partial charge in [0.1, 0.15) is 0 Å². The van der Waals surface area contributed by atoms with E-state index in [1.54, 1.807) is 0 Å². The Hall–Kier alpha value is -1.26. The van der Waals surface area contributed by atoms with Crippen molar-refractivity contribution in [3.8, 4) is 0 Å². The summed E-state index contributed by atoms with van der Waals surface area (Å²) in [6.07, 6.45) is 3.57. The summed E-state index contributed by atoms with van der Waals surface area (Å²) >= 11 is 1.93. The smallest absolute Gasteiger partial charge is 0.0835 e. The van der Waals surface area contributed by atoms with E-state index in [9.17, 15) is 5.11 Å². The number of aryl methyl sites for hydroxylation is 1. The summed E-state index contributed by atoms with van der Waals surface area (Å²) in [5.41, 5.74) is 2.71. The van der Waals surface area contributed by atoms with Crippen molar-refractivity contribution >= 4 is 28.4 Å². The fourth-order valence-corrected chi connectivity index (χ4v) is 3.92. The second-order valence-corrected chi connectivity index (χ2v) is 6.74. The Morgan fingerprint density at radius 2 is 2.10 bits per heavy atom. The first-order valence-corrected chi connectivity index (χ1v) is 8.22. The minimum Gasteiger partial charge on any atom is -0.388 e. The predicted octanol–water partition coefficient (Wildman–Crippen LogP) is 3.21. The number of anilines is 1. The first-order chi connectivity index (χ1) is 9.68. The van der Waals surface area contributed by atoms with Crippen LogP contribution in [0.2, 0.25) is 0 Å². The highest BCUT2D eigenvalue weighted by Gasteiger charge is 2.29. The average Bonchev–Trinajstić information content (AvgIpc) is 2.47. The number of hydrogen-bond acceptors (Lipinski definition) is 4. The molecule has 0 radical (unpaired) electrons. The SMILES string of the molecule is Cc1cccc2c(NCC3(O)CCSCC3)ccnc12. The molecule has 0 saturated carbocycles. The molecule has 0 amide bonds. The number of pyridine rings is 1. The van der Waals surface area contributed by atoms with Gasteiger partial charge in [-0.25, -0.2) is 0 Å². The van der Waals surface area contributed by atoms with Gasteiger partial charge in [-0.05, 0) is 42.9 Å². The summed E-state index contributed by atoms with van der Waals surface area (Å²) in [7, 11) is 0. The van der Waals surface area contributed by atoms with Crippen molar-refractivity contribution in [2.45, 2.75) is 25.4 Å². The van der Waals surface area contributed by atoms with Gasteiger partial charge < -0.3 is 10.4 Å². The molecule has 1 aromatic heterocycles. The highest BCUT2D eigenvalue weighted by molar-refractivity contribution is 7.99. The van der Waals surface area contributed by atoms with Crippen LogP contribution in [0.15, 0.2) is 30.5 Å². The third kappa shape index (κ3) is 2.76. The van der Waals surface area contributed by atoms with E-state index in [4.69, 9.17) is 0 Å². The minimum atomic E-state index is -0.565. The summed E-state index contributed by atoms with van der Waals surface area (Å²) in [4.78, 5) is 4.45. The maximum Gasteiger partial charge on any atom is 0.0835 e. The van der Waals surface area contributed by atoms with Crippen LogP contribution in [0.3, 0.4) is 0 Å². The second-order valence-electron chi connectivity index (χ2n) is 5.52. The molecule has 1 aliphatic rings. The van der Waals surface area contributed by atoms with E-state index in [0.29, 0.717) is 6.54 Å². The van der Waals surface area contributed by atoms with Crippen LogP contribution >= 0.6 is 11.8 Å². The van der Waals surface area contributed by atoms with Gasteiger partial charge >= 0.3 is 0 Å². The van der Waals surface area contributed by atoms with Gasteiger partial charge in [-0.2, -0.15) is 11.8 Å². The van der Waals surface area contributed by atoms with Crippen LogP contribution in [-0.4, -0.2) is 33.7 Å². The zero-order valence-electron chi connectivity index (χ0n) is 11.7. The highest BCUT2D eigenvalue weighted by Crippen LogP contribution is 2.29. The number of benzene rings is 1. The number of aliphatic hydroxyl groups is 1. The number of nitrogens with zero attached hydrogens (tertiary/aromatic N) is 1. The molecule has 4 heteroatoms. The number of para-hydroxylation sites is 1. The van der Waals surface area contributed by atoms with Gasteiger partial charge in [-0.3, -0.25) is 4.98 Å². The molecule has 3 nitrogen and oxygen atoms in total. The van der Waals surface area contributed by atoms with E-state index in [-0.39, 0.29) is 0 Å². The number of thioether (sulfide) groups is 1. The van der Waals surface area contributed by atoms with E-state index < -0.39 is 5.60 Å². The molecule has 0 bridgehead atoms. The Kier molecular flexibility index (Phi) is 3.85. The van der Waals surface area contributed by atoms with Gasteiger partial charge in [0, 0.05) is 23.8 Å². The van der Waals surface area contributed by atoms with Gasteiger partial charge in [0.05, 0.1) is 11.1 Å². The van der Waals surface area contributed by atoms with Crippen molar-refractivity contribution in [2.75, 3.05) is 23.4 Å². The standard InChI is InChI=1S/C16H20N2OS/c1-12-3-2-4-13-14(5-8-17-15(12)13)18-11-16(19)6-9-20-10-7-16/h2-5,8,19H,6-7,9-11H2,1H3,(H,17,18). The summed E-state index contributed by atoms with van der Waals surface area (Å²) < 4.78 is 0. The molecule has 0 unspecified atom stereocenters. The zero-order chi connectivity index (χ0) is 14.0. The molecule has 2 heterocycles. The average molecular weight is 288 g/mol.